The molecule has 0 radical (unpaired) electrons. The van der Waals surface area contributed by atoms with Gasteiger partial charge in [0.05, 0.1) is 13.2 Å². The molecule has 1 aromatic carbocycles. The lowest BCUT2D eigenvalue weighted by atomic mass is 10.1. The number of nitrogens with two attached hydrogens (primary N) is 2. The molecule has 7 heteroatoms. The zero-order chi connectivity index (χ0) is 14.0. The zero-order valence-electron chi connectivity index (χ0n) is 11.1. The summed E-state index contributed by atoms with van der Waals surface area (Å²) < 4.78 is 5.35. The summed E-state index contributed by atoms with van der Waals surface area (Å²) in [7, 11) is 0. The lowest BCUT2D eigenvalue weighted by Crippen LogP contribution is -2.55. The molecule has 1 atom stereocenters. The second-order valence-corrected chi connectivity index (χ2v) is 4.80. The van der Waals surface area contributed by atoms with Crippen LogP contribution in [0, 0.1) is 0 Å². The molecule has 0 spiro atoms. The largest absolute Gasteiger partial charge is 0.378 e. The number of hydrogen-bond acceptors (Lipinski definition) is 7. The van der Waals surface area contributed by atoms with Crippen LogP contribution in [0.1, 0.15) is 5.56 Å². The number of nitrogens with one attached hydrogen (secondary N) is 1. The maximum absolute atomic E-state index is 6.20. The summed E-state index contributed by atoms with van der Waals surface area (Å²) in [4.78, 5) is 10.3. The number of rotatable bonds is 2. The van der Waals surface area contributed by atoms with E-state index in [1.165, 1.54) is 6.34 Å². The van der Waals surface area contributed by atoms with Gasteiger partial charge >= 0.3 is 0 Å². The van der Waals surface area contributed by atoms with Crippen molar-refractivity contribution in [1.82, 2.24) is 5.32 Å². The number of nitrogens with zero attached hydrogens (tertiary/aromatic N) is 3. The van der Waals surface area contributed by atoms with E-state index >= 15 is 0 Å². The number of guanidine groups is 1. The fourth-order valence-electron chi connectivity index (χ4n) is 2.34. The first-order chi connectivity index (χ1) is 9.67. The molecule has 2 aliphatic rings. The molecular formula is C13H18N6O. The Hall–Kier alpha value is -2.12. The number of aliphatic imine (C=N–C) groups is 2. The number of hydrogen-bond donors (Lipinski definition) is 3. The van der Waals surface area contributed by atoms with Crippen LogP contribution >= 0.6 is 0 Å². The Bertz CT molecular complexity index is 534. The minimum atomic E-state index is -1.05. The van der Waals surface area contributed by atoms with Crippen LogP contribution < -0.4 is 21.7 Å². The summed E-state index contributed by atoms with van der Waals surface area (Å²) in [6.45, 7) is 3.34. The third kappa shape index (κ3) is 2.45. The van der Waals surface area contributed by atoms with Crippen molar-refractivity contribution < 1.29 is 4.74 Å². The molecule has 0 aliphatic carbocycles. The third-order valence-electron chi connectivity index (χ3n) is 3.46. The molecule has 20 heavy (non-hydrogen) atoms. The van der Waals surface area contributed by atoms with Gasteiger partial charge in [0.25, 0.3) is 0 Å². The standard InChI is InChI=1S/C13H18N6O/c14-12-16-9-17-13(15,18-12)10-1-3-11(4-2-10)19-5-7-20-8-6-19/h1-4,9H,5-8,15H2,(H3,14,16,17,18). The third-order valence-corrected chi connectivity index (χ3v) is 3.46. The molecule has 2 heterocycles. The van der Waals surface area contributed by atoms with Crippen LogP contribution in [0.4, 0.5) is 5.69 Å². The highest BCUT2D eigenvalue weighted by Crippen LogP contribution is 2.22. The summed E-state index contributed by atoms with van der Waals surface area (Å²) >= 11 is 0. The van der Waals surface area contributed by atoms with Crippen molar-refractivity contribution in [2.75, 3.05) is 31.2 Å². The van der Waals surface area contributed by atoms with Crippen LogP contribution in [0.2, 0.25) is 0 Å². The maximum atomic E-state index is 6.20. The molecule has 2 aliphatic heterocycles. The van der Waals surface area contributed by atoms with Crippen LogP contribution in [0.15, 0.2) is 34.3 Å². The van der Waals surface area contributed by atoms with E-state index in [9.17, 15) is 0 Å². The Kier molecular flexibility index (Phi) is 3.29. The Balaban J connectivity index is 1.79. The van der Waals surface area contributed by atoms with E-state index in [0.29, 0.717) is 0 Å². The smallest absolute Gasteiger partial charge is 0.213 e. The van der Waals surface area contributed by atoms with E-state index in [0.717, 1.165) is 37.6 Å². The van der Waals surface area contributed by atoms with Crippen LogP contribution in [0.3, 0.4) is 0 Å². The number of ether oxygens (including phenoxy) is 1. The van der Waals surface area contributed by atoms with Gasteiger partial charge in [-0.15, -0.1) is 0 Å². The Morgan fingerprint density at radius 2 is 1.90 bits per heavy atom. The van der Waals surface area contributed by atoms with E-state index in [2.05, 4.69) is 20.2 Å². The Labute approximate surface area is 117 Å². The van der Waals surface area contributed by atoms with E-state index < -0.39 is 5.79 Å². The van der Waals surface area contributed by atoms with Gasteiger partial charge in [-0.25, -0.2) is 9.98 Å². The summed E-state index contributed by atoms with van der Waals surface area (Å²) in [6, 6.07) is 7.98. The van der Waals surface area contributed by atoms with Gasteiger partial charge < -0.3 is 20.7 Å². The van der Waals surface area contributed by atoms with E-state index in [-0.39, 0.29) is 5.96 Å². The van der Waals surface area contributed by atoms with Crippen molar-refractivity contribution in [3.63, 3.8) is 0 Å². The summed E-state index contributed by atoms with van der Waals surface area (Å²) in [5.74, 6) is -0.783. The van der Waals surface area contributed by atoms with Gasteiger partial charge in [0.15, 0.2) is 5.96 Å². The first-order valence-electron chi connectivity index (χ1n) is 6.55. The molecule has 3 rings (SSSR count). The first-order valence-corrected chi connectivity index (χ1v) is 6.55. The molecule has 0 amide bonds. The Morgan fingerprint density at radius 3 is 2.55 bits per heavy atom. The molecule has 0 aromatic heterocycles. The highest BCUT2D eigenvalue weighted by atomic mass is 16.5. The monoisotopic (exact) mass is 274 g/mol. The van der Waals surface area contributed by atoms with Crippen molar-refractivity contribution in [3.8, 4) is 0 Å². The molecule has 106 valence electrons. The average Bonchev–Trinajstić information content (AvgIpc) is 2.48. The van der Waals surface area contributed by atoms with Crippen molar-refractivity contribution >= 4 is 18.0 Å². The summed E-state index contributed by atoms with van der Waals surface area (Å²) in [6.07, 6.45) is 1.38. The zero-order valence-corrected chi connectivity index (χ0v) is 11.1. The lowest BCUT2D eigenvalue weighted by molar-refractivity contribution is 0.122. The van der Waals surface area contributed by atoms with E-state index in [1.54, 1.807) is 0 Å². The molecule has 5 N–H and O–H groups in total. The molecule has 7 nitrogen and oxygen atoms in total. The predicted molar refractivity (Wildman–Crippen MR) is 78.6 cm³/mol. The van der Waals surface area contributed by atoms with Gasteiger partial charge in [0, 0.05) is 24.3 Å². The van der Waals surface area contributed by atoms with Gasteiger partial charge in [-0.2, -0.15) is 0 Å². The molecule has 0 bridgehead atoms. The maximum Gasteiger partial charge on any atom is 0.213 e. The fraction of sp³-hybridized carbons (Fsp3) is 0.385. The van der Waals surface area contributed by atoms with Crippen molar-refractivity contribution in [1.29, 1.82) is 0 Å². The second kappa shape index (κ2) is 5.10. The van der Waals surface area contributed by atoms with Crippen LogP contribution in [0.5, 0.6) is 0 Å². The van der Waals surface area contributed by atoms with Gasteiger partial charge in [0.1, 0.15) is 6.34 Å². The van der Waals surface area contributed by atoms with Gasteiger partial charge in [-0.3, -0.25) is 5.73 Å². The second-order valence-electron chi connectivity index (χ2n) is 4.80. The fourth-order valence-corrected chi connectivity index (χ4v) is 2.34. The highest BCUT2D eigenvalue weighted by Gasteiger charge is 2.28. The predicted octanol–water partition coefficient (Wildman–Crippen LogP) is -0.462. The first kappa shape index (κ1) is 12.9. The lowest BCUT2D eigenvalue weighted by Gasteiger charge is -2.31. The normalized spacial score (nSPS) is 26.1. The quantitative estimate of drug-likeness (QED) is 0.677. The summed E-state index contributed by atoms with van der Waals surface area (Å²) in [5.41, 5.74) is 13.8. The number of morpholine rings is 1. The van der Waals surface area contributed by atoms with Crippen LogP contribution in [0.25, 0.3) is 0 Å². The molecule has 1 aromatic rings. The van der Waals surface area contributed by atoms with Crippen molar-refractivity contribution in [2.45, 2.75) is 5.79 Å². The average molecular weight is 274 g/mol. The molecule has 1 saturated heterocycles. The molecule has 0 saturated carbocycles. The van der Waals surface area contributed by atoms with Crippen molar-refractivity contribution in [2.24, 2.45) is 21.5 Å². The van der Waals surface area contributed by atoms with Crippen molar-refractivity contribution in [3.05, 3.63) is 29.8 Å². The number of anilines is 1. The van der Waals surface area contributed by atoms with E-state index in [4.69, 9.17) is 16.2 Å². The van der Waals surface area contributed by atoms with Crippen LogP contribution in [-0.4, -0.2) is 38.6 Å². The number of benzene rings is 1. The molecule has 1 fully saturated rings. The van der Waals surface area contributed by atoms with Gasteiger partial charge in [0.2, 0.25) is 5.79 Å². The Morgan fingerprint density at radius 1 is 1.20 bits per heavy atom. The van der Waals surface area contributed by atoms with Gasteiger partial charge in [-0.05, 0) is 12.1 Å². The van der Waals surface area contributed by atoms with Crippen LogP contribution in [-0.2, 0) is 10.5 Å². The van der Waals surface area contributed by atoms with E-state index in [1.807, 2.05) is 24.3 Å². The highest BCUT2D eigenvalue weighted by molar-refractivity contribution is 5.88. The minimum absolute atomic E-state index is 0.264. The topological polar surface area (TPSA) is 101 Å². The minimum Gasteiger partial charge on any atom is -0.378 e. The SMILES string of the molecule is NC1=NC=NC(N)(c2ccc(N3CCOCC3)cc2)N1. The van der Waals surface area contributed by atoms with Gasteiger partial charge in [-0.1, -0.05) is 12.1 Å². The summed E-state index contributed by atoms with van der Waals surface area (Å²) in [5, 5.41) is 2.88. The molecular weight excluding hydrogens is 256 g/mol. The molecule has 1 unspecified atom stereocenters.